The van der Waals surface area contributed by atoms with E-state index >= 15 is 0 Å². The highest BCUT2D eigenvalue weighted by Crippen LogP contribution is 2.36. The second-order valence-corrected chi connectivity index (χ2v) is 5.52. The number of anilines is 1. The fourth-order valence-electron chi connectivity index (χ4n) is 2.78. The number of nitro groups is 1. The average molecular weight is 293 g/mol. The van der Waals surface area contributed by atoms with Gasteiger partial charge in [-0.25, -0.2) is 9.78 Å². The SMILES string of the molecule is CCC1CCC(Nc2ccc([N+](=O)[O-])cn2)(C(=O)O)CC1. The van der Waals surface area contributed by atoms with Crippen LogP contribution in [-0.4, -0.2) is 26.5 Å². The number of nitrogens with zero attached hydrogens (tertiary/aromatic N) is 2. The van der Waals surface area contributed by atoms with E-state index in [1.165, 1.54) is 12.1 Å². The summed E-state index contributed by atoms with van der Waals surface area (Å²) in [5, 5.41) is 23.1. The van der Waals surface area contributed by atoms with E-state index in [2.05, 4.69) is 17.2 Å². The van der Waals surface area contributed by atoms with Crippen LogP contribution in [-0.2, 0) is 4.79 Å². The zero-order valence-corrected chi connectivity index (χ0v) is 11.9. The first-order valence-corrected chi connectivity index (χ1v) is 7.09. The lowest BCUT2D eigenvalue weighted by Gasteiger charge is -2.37. The number of hydrogen-bond acceptors (Lipinski definition) is 5. The van der Waals surface area contributed by atoms with Gasteiger partial charge in [-0.1, -0.05) is 13.3 Å². The van der Waals surface area contributed by atoms with Gasteiger partial charge >= 0.3 is 5.97 Å². The van der Waals surface area contributed by atoms with Crippen LogP contribution in [0.5, 0.6) is 0 Å². The molecule has 0 aromatic carbocycles. The average Bonchev–Trinajstić information content (AvgIpc) is 2.48. The van der Waals surface area contributed by atoms with Gasteiger partial charge in [-0.2, -0.15) is 0 Å². The Morgan fingerprint density at radius 1 is 1.52 bits per heavy atom. The van der Waals surface area contributed by atoms with E-state index < -0.39 is 16.4 Å². The molecule has 0 aliphatic heterocycles. The van der Waals surface area contributed by atoms with Crippen LogP contribution in [0.15, 0.2) is 18.3 Å². The van der Waals surface area contributed by atoms with Gasteiger partial charge in [0.05, 0.1) is 4.92 Å². The van der Waals surface area contributed by atoms with Crippen LogP contribution in [0.3, 0.4) is 0 Å². The summed E-state index contributed by atoms with van der Waals surface area (Å²) >= 11 is 0. The fourth-order valence-corrected chi connectivity index (χ4v) is 2.78. The summed E-state index contributed by atoms with van der Waals surface area (Å²) in [5.41, 5.74) is -1.13. The summed E-state index contributed by atoms with van der Waals surface area (Å²) in [6, 6.07) is 2.78. The normalized spacial score (nSPS) is 25.3. The maximum atomic E-state index is 11.7. The van der Waals surface area contributed by atoms with Crippen LogP contribution in [0.2, 0.25) is 0 Å². The standard InChI is InChI=1S/C14H19N3O4/c1-2-10-5-7-14(8-6-10,13(18)19)16-12-4-3-11(9-15-12)17(20)21/h3-4,9-10H,2,5-8H2,1H3,(H,15,16)(H,18,19). The number of carboxylic acid groups (broad SMARTS) is 1. The topological polar surface area (TPSA) is 105 Å². The Hall–Kier alpha value is -2.18. The van der Waals surface area contributed by atoms with Crippen LogP contribution in [0.25, 0.3) is 0 Å². The largest absolute Gasteiger partial charge is 0.480 e. The molecule has 1 saturated carbocycles. The molecule has 1 heterocycles. The lowest BCUT2D eigenvalue weighted by Crippen LogP contribution is -2.49. The molecule has 1 aromatic heterocycles. The van der Waals surface area contributed by atoms with Gasteiger partial charge in [-0.15, -0.1) is 0 Å². The molecule has 1 fully saturated rings. The second-order valence-electron chi connectivity index (χ2n) is 5.52. The predicted molar refractivity (Wildman–Crippen MR) is 77.1 cm³/mol. The molecule has 21 heavy (non-hydrogen) atoms. The minimum absolute atomic E-state index is 0.111. The van der Waals surface area contributed by atoms with Crippen LogP contribution < -0.4 is 5.32 Å². The number of rotatable bonds is 5. The molecule has 0 unspecified atom stereocenters. The van der Waals surface area contributed by atoms with Crippen molar-refractivity contribution in [1.29, 1.82) is 0 Å². The van der Waals surface area contributed by atoms with Crippen molar-refractivity contribution in [2.24, 2.45) is 5.92 Å². The van der Waals surface area contributed by atoms with Crippen molar-refractivity contribution in [2.75, 3.05) is 5.32 Å². The molecule has 7 heteroatoms. The fraction of sp³-hybridized carbons (Fsp3) is 0.571. The van der Waals surface area contributed by atoms with Gasteiger partial charge in [0, 0.05) is 6.07 Å². The van der Waals surface area contributed by atoms with E-state index in [0.29, 0.717) is 24.6 Å². The van der Waals surface area contributed by atoms with Gasteiger partial charge in [0.25, 0.3) is 5.69 Å². The summed E-state index contributed by atoms with van der Waals surface area (Å²) in [6.07, 6.45) is 5.01. The molecule has 0 bridgehead atoms. The predicted octanol–water partition coefficient (Wildman–Crippen LogP) is 2.83. The van der Waals surface area contributed by atoms with Crippen molar-refractivity contribution in [2.45, 2.75) is 44.6 Å². The Kier molecular flexibility index (Phi) is 4.40. The third kappa shape index (κ3) is 3.29. The smallest absolute Gasteiger partial charge is 0.329 e. The Labute approximate surface area is 122 Å². The van der Waals surface area contributed by atoms with E-state index in [1.807, 2.05) is 0 Å². The first kappa shape index (κ1) is 15.2. The van der Waals surface area contributed by atoms with Gasteiger partial charge in [0.2, 0.25) is 0 Å². The Balaban J connectivity index is 2.13. The van der Waals surface area contributed by atoms with Crippen molar-refractivity contribution >= 4 is 17.5 Å². The van der Waals surface area contributed by atoms with Gasteiger partial charge in [0.1, 0.15) is 17.6 Å². The third-order valence-corrected chi connectivity index (χ3v) is 4.27. The number of carbonyl (C=O) groups is 1. The summed E-state index contributed by atoms with van der Waals surface area (Å²) in [6.45, 7) is 2.11. The van der Waals surface area contributed by atoms with Gasteiger partial charge in [-0.3, -0.25) is 10.1 Å². The molecular weight excluding hydrogens is 274 g/mol. The number of aliphatic carboxylic acids is 1. The molecule has 0 saturated heterocycles. The molecule has 7 nitrogen and oxygen atoms in total. The molecule has 0 radical (unpaired) electrons. The van der Waals surface area contributed by atoms with Crippen LogP contribution in [0, 0.1) is 16.0 Å². The molecule has 2 N–H and O–H groups in total. The molecular formula is C14H19N3O4. The minimum Gasteiger partial charge on any atom is -0.480 e. The molecule has 1 aliphatic carbocycles. The Morgan fingerprint density at radius 3 is 2.62 bits per heavy atom. The lowest BCUT2D eigenvalue weighted by atomic mass is 9.75. The first-order valence-electron chi connectivity index (χ1n) is 7.09. The maximum Gasteiger partial charge on any atom is 0.329 e. The molecule has 114 valence electrons. The molecule has 0 amide bonds. The van der Waals surface area contributed by atoms with Crippen molar-refractivity contribution in [1.82, 2.24) is 4.98 Å². The van der Waals surface area contributed by atoms with E-state index in [0.717, 1.165) is 25.5 Å². The van der Waals surface area contributed by atoms with Gasteiger partial charge < -0.3 is 10.4 Å². The van der Waals surface area contributed by atoms with E-state index in [9.17, 15) is 20.0 Å². The highest BCUT2D eigenvalue weighted by atomic mass is 16.6. The number of carboxylic acids is 1. The van der Waals surface area contributed by atoms with E-state index in [4.69, 9.17) is 0 Å². The second kappa shape index (κ2) is 6.07. The lowest BCUT2D eigenvalue weighted by molar-refractivity contribution is -0.385. The highest BCUT2D eigenvalue weighted by molar-refractivity contribution is 5.82. The monoisotopic (exact) mass is 293 g/mol. The Morgan fingerprint density at radius 2 is 2.19 bits per heavy atom. The van der Waals surface area contributed by atoms with Crippen molar-refractivity contribution in [3.8, 4) is 0 Å². The zero-order chi connectivity index (χ0) is 15.5. The van der Waals surface area contributed by atoms with Crippen molar-refractivity contribution in [3.05, 3.63) is 28.4 Å². The molecule has 1 aromatic rings. The first-order chi connectivity index (χ1) is 9.97. The quantitative estimate of drug-likeness (QED) is 0.638. The number of aromatic nitrogens is 1. The number of pyridine rings is 1. The Bertz CT molecular complexity index is 522. The van der Waals surface area contributed by atoms with Gasteiger partial charge in [0.15, 0.2) is 0 Å². The number of nitrogens with one attached hydrogen (secondary N) is 1. The molecule has 2 rings (SSSR count). The third-order valence-electron chi connectivity index (χ3n) is 4.27. The number of hydrogen-bond donors (Lipinski definition) is 2. The molecule has 0 spiro atoms. The summed E-state index contributed by atoms with van der Waals surface area (Å²) in [4.78, 5) is 25.7. The van der Waals surface area contributed by atoms with Crippen molar-refractivity contribution < 1.29 is 14.8 Å². The summed E-state index contributed by atoms with van der Waals surface area (Å²) in [7, 11) is 0. The molecule has 0 atom stereocenters. The highest BCUT2D eigenvalue weighted by Gasteiger charge is 2.41. The summed E-state index contributed by atoms with van der Waals surface area (Å²) < 4.78 is 0. The van der Waals surface area contributed by atoms with E-state index in [1.54, 1.807) is 0 Å². The minimum atomic E-state index is -1.02. The van der Waals surface area contributed by atoms with Gasteiger partial charge in [-0.05, 0) is 37.7 Å². The van der Waals surface area contributed by atoms with Crippen LogP contribution in [0.4, 0.5) is 11.5 Å². The zero-order valence-electron chi connectivity index (χ0n) is 11.9. The van der Waals surface area contributed by atoms with Crippen LogP contribution in [0.1, 0.15) is 39.0 Å². The summed E-state index contributed by atoms with van der Waals surface area (Å²) in [5.74, 6) is 0.0410. The maximum absolute atomic E-state index is 11.7. The van der Waals surface area contributed by atoms with E-state index in [-0.39, 0.29) is 5.69 Å². The van der Waals surface area contributed by atoms with Crippen LogP contribution >= 0.6 is 0 Å². The van der Waals surface area contributed by atoms with Crippen molar-refractivity contribution in [3.63, 3.8) is 0 Å². The molecule has 1 aliphatic rings.